The topological polar surface area (TPSA) is 49.3 Å². The molecule has 100 valence electrons. The molecule has 3 heteroatoms. The predicted octanol–water partition coefficient (Wildman–Crippen LogP) is 2.19. The Kier molecular flexibility index (Phi) is 3.64. The summed E-state index contributed by atoms with van der Waals surface area (Å²) in [7, 11) is 0. The molecule has 0 aromatic carbocycles. The van der Waals surface area contributed by atoms with Crippen LogP contribution in [0.3, 0.4) is 0 Å². The Bertz CT molecular complexity index is 291. The average molecular weight is 241 g/mol. The van der Waals surface area contributed by atoms with Crippen LogP contribution in [0.1, 0.15) is 48.0 Å². The van der Waals surface area contributed by atoms with Gasteiger partial charge in [0.25, 0.3) is 0 Å². The maximum atomic E-state index is 12.1. The molecule has 0 atom stereocenters. The van der Waals surface area contributed by atoms with E-state index in [9.17, 15) is 4.79 Å². The lowest BCUT2D eigenvalue weighted by atomic mass is 9.89. The normalized spacial score (nSPS) is 22.3. The molecular weight excluding hydrogens is 214 g/mol. The van der Waals surface area contributed by atoms with E-state index >= 15 is 0 Å². The Morgan fingerprint density at radius 3 is 2.06 bits per heavy atom. The minimum atomic E-state index is -0.0341. The van der Waals surface area contributed by atoms with E-state index < -0.39 is 0 Å². The molecule has 1 aliphatic rings. The standard InChI is InChI=1S/C14H27NO2/c1-12(2,7-8-16)9-15-11(17)10-13(3,4)14(10,5)6/h10,16H,7-9H2,1-6H3,(H,15,17). The van der Waals surface area contributed by atoms with Gasteiger partial charge in [0.15, 0.2) is 0 Å². The Balaban J connectivity index is 2.48. The van der Waals surface area contributed by atoms with Crippen LogP contribution in [0.5, 0.6) is 0 Å². The number of nitrogens with one attached hydrogen (secondary N) is 1. The van der Waals surface area contributed by atoms with Crippen LogP contribution in [0.2, 0.25) is 0 Å². The zero-order valence-corrected chi connectivity index (χ0v) is 12.1. The van der Waals surface area contributed by atoms with Crippen molar-refractivity contribution in [1.82, 2.24) is 5.32 Å². The summed E-state index contributed by atoms with van der Waals surface area (Å²) in [5, 5.41) is 12.0. The molecule has 3 nitrogen and oxygen atoms in total. The summed E-state index contributed by atoms with van der Waals surface area (Å²) in [5.41, 5.74) is 0.157. The van der Waals surface area contributed by atoms with Crippen LogP contribution in [-0.4, -0.2) is 24.2 Å². The fourth-order valence-electron chi connectivity index (χ4n) is 2.67. The minimum absolute atomic E-state index is 0.0341. The molecular formula is C14H27NO2. The van der Waals surface area contributed by atoms with Gasteiger partial charge in [-0.05, 0) is 22.7 Å². The summed E-state index contributed by atoms with van der Waals surface area (Å²) in [4.78, 5) is 12.1. The van der Waals surface area contributed by atoms with E-state index in [-0.39, 0.29) is 34.7 Å². The lowest BCUT2D eigenvalue weighted by molar-refractivity contribution is -0.124. The van der Waals surface area contributed by atoms with Crippen molar-refractivity contribution in [2.45, 2.75) is 48.0 Å². The van der Waals surface area contributed by atoms with Crippen LogP contribution in [0.15, 0.2) is 0 Å². The van der Waals surface area contributed by atoms with Gasteiger partial charge in [-0.25, -0.2) is 0 Å². The molecule has 0 saturated heterocycles. The van der Waals surface area contributed by atoms with Crippen molar-refractivity contribution in [2.24, 2.45) is 22.2 Å². The third kappa shape index (κ3) is 2.65. The van der Waals surface area contributed by atoms with Gasteiger partial charge in [-0.1, -0.05) is 41.5 Å². The summed E-state index contributed by atoms with van der Waals surface area (Å²) in [6, 6.07) is 0. The number of rotatable bonds is 5. The molecule has 0 bridgehead atoms. The summed E-state index contributed by atoms with van der Waals surface area (Å²) < 4.78 is 0. The lowest BCUT2D eigenvalue weighted by Crippen LogP contribution is -2.36. The molecule has 1 saturated carbocycles. The predicted molar refractivity (Wildman–Crippen MR) is 69.5 cm³/mol. The highest BCUT2D eigenvalue weighted by Crippen LogP contribution is 2.68. The molecule has 0 aromatic heterocycles. The second kappa shape index (κ2) is 4.27. The molecule has 0 aliphatic heterocycles. The first-order valence-corrected chi connectivity index (χ1v) is 6.45. The van der Waals surface area contributed by atoms with Crippen LogP contribution in [0.25, 0.3) is 0 Å². The first-order valence-electron chi connectivity index (χ1n) is 6.45. The van der Waals surface area contributed by atoms with E-state index in [4.69, 9.17) is 5.11 Å². The molecule has 2 N–H and O–H groups in total. The molecule has 1 fully saturated rings. The molecule has 1 rings (SSSR count). The van der Waals surface area contributed by atoms with Crippen LogP contribution in [0, 0.1) is 22.2 Å². The Labute approximate surface area is 105 Å². The number of hydrogen-bond acceptors (Lipinski definition) is 2. The second-order valence-corrected chi connectivity index (χ2v) is 7.23. The van der Waals surface area contributed by atoms with Gasteiger partial charge in [-0.15, -0.1) is 0 Å². The summed E-state index contributed by atoms with van der Waals surface area (Å²) in [6.45, 7) is 13.5. The summed E-state index contributed by atoms with van der Waals surface area (Å²) in [6.07, 6.45) is 0.713. The van der Waals surface area contributed by atoms with E-state index in [1.54, 1.807) is 0 Å². The van der Waals surface area contributed by atoms with Crippen LogP contribution in [-0.2, 0) is 4.79 Å². The molecule has 0 aromatic rings. The van der Waals surface area contributed by atoms with Crippen LogP contribution in [0.4, 0.5) is 0 Å². The van der Waals surface area contributed by atoms with Crippen molar-refractivity contribution in [2.75, 3.05) is 13.2 Å². The zero-order valence-electron chi connectivity index (χ0n) is 12.1. The Hall–Kier alpha value is -0.570. The van der Waals surface area contributed by atoms with E-state index in [1.165, 1.54) is 0 Å². The number of aliphatic hydroxyl groups is 1. The van der Waals surface area contributed by atoms with E-state index in [2.05, 4.69) is 46.9 Å². The molecule has 1 aliphatic carbocycles. The Morgan fingerprint density at radius 1 is 1.24 bits per heavy atom. The molecule has 17 heavy (non-hydrogen) atoms. The highest BCUT2D eigenvalue weighted by atomic mass is 16.3. The monoisotopic (exact) mass is 241 g/mol. The number of carbonyl (C=O) groups excluding carboxylic acids is 1. The van der Waals surface area contributed by atoms with Gasteiger partial charge in [0.2, 0.25) is 5.91 Å². The average Bonchev–Trinajstić information content (AvgIpc) is 2.54. The van der Waals surface area contributed by atoms with E-state index in [1.807, 2.05) is 0 Å². The third-order valence-corrected chi connectivity index (χ3v) is 4.81. The third-order valence-electron chi connectivity index (χ3n) is 4.81. The second-order valence-electron chi connectivity index (χ2n) is 7.23. The fourth-order valence-corrected chi connectivity index (χ4v) is 2.67. The molecule has 1 amide bonds. The molecule has 0 heterocycles. The highest BCUT2D eigenvalue weighted by Gasteiger charge is 2.68. The summed E-state index contributed by atoms with van der Waals surface area (Å²) >= 11 is 0. The number of aliphatic hydroxyl groups excluding tert-OH is 1. The summed E-state index contributed by atoms with van der Waals surface area (Å²) in [5.74, 6) is 0.269. The van der Waals surface area contributed by atoms with Crippen molar-refractivity contribution in [3.05, 3.63) is 0 Å². The number of carbonyl (C=O) groups is 1. The van der Waals surface area contributed by atoms with Crippen LogP contribution < -0.4 is 5.32 Å². The minimum Gasteiger partial charge on any atom is -0.396 e. The zero-order chi connectivity index (χ0) is 13.5. The van der Waals surface area contributed by atoms with Gasteiger partial charge in [-0.3, -0.25) is 4.79 Å². The largest absolute Gasteiger partial charge is 0.396 e. The molecule has 0 spiro atoms. The molecule has 0 unspecified atom stereocenters. The van der Waals surface area contributed by atoms with Crippen molar-refractivity contribution < 1.29 is 9.90 Å². The SMILES string of the molecule is CC(C)(CCO)CNC(=O)C1C(C)(C)C1(C)C. The van der Waals surface area contributed by atoms with Crippen molar-refractivity contribution in [1.29, 1.82) is 0 Å². The van der Waals surface area contributed by atoms with Gasteiger partial charge in [0.05, 0.1) is 0 Å². The van der Waals surface area contributed by atoms with Crippen LogP contribution >= 0.6 is 0 Å². The van der Waals surface area contributed by atoms with Crippen molar-refractivity contribution >= 4 is 5.91 Å². The number of hydrogen-bond donors (Lipinski definition) is 2. The van der Waals surface area contributed by atoms with Gasteiger partial charge in [-0.2, -0.15) is 0 Å². The van der Waals surface area contributed by atoms with E-state index in [0.717, 1.165) is 0 Å². The van der Waals surface area contributed by atoms with Gasteiger partial charge in [0.1, 0.15) is 0 Å². The maximum Gasteiger partial charge on any atom is 0.224 e. The fraction of sp³-hybridized carbons (Fsp3) is 0.929. The van der Waals surface area contributed by atoms with Crippen molar-refractivity contribution in [3.8, 4) is 0 Å². The molecule has 0 radical (unpaired) electrons. The lowest BCUT2D eigenvalue weighted by Gasteiger charge is -2.24. The van der Waals surface area contributed by atoms with E-state index in [0.29, 0.717) is 13.0 Å². The quantitative estimate of drug-likeness (QED) is 0.775. The smallest absolute Gasteiger partial charge is 0.224 e. The van der Waals surface area contributed by atoms with Gasteiger partial charge in [0, 0.05) is 19.1 Å². The number of amides is 1. The van der Waals surface area contributed by atoms with Gasteiger partial charge >= 0.3 is 0 Å². The first kappa shape index (κ1) is 14.5. The maximum absolute atomic E-state index is 12.1. The van der Waals surface area contributed by atoms with Gasteiger partial charge < -0.3 is 10.4 Å². The highest BCUT2D eigenvalue weighted by molar-refractivity contribution is 5.84. The van der Waals surface area contributed by atoms with Crippen molar-refractivity contribution in [3.63, 3.8) is 0 Å². The Morgan fingerprint density at radius 2 is 1.71 bits per heavy atom. The first-order chi connectivity index (χ1) is 7.56.